The molecule has 0 aliphatic heterocycles. The smallest absolute Gasteiger partial charge is 0.138 e. The zero-order valence-electron chi connectivity index (χ0n) is 11.9. The van der Waals surface area contributed by atoms with Gasteiger partial charge in [-0.3, -0.25) is 4.68 Å². The van der Waals surface area contributed by atoms with Gasteiger partial charge in [-0.1, -0.05) is 17.7 Å². The molecule has 0 radical (unpaired) electrons. The minimum atomic E-state index is -0.539. The van der Waals surface area contributed by atoms with Crippen LogP contribution in [0.4, 0.5) is 0 Å². The number of aliphatic hydroxyl groups excluding tert-OH is 1. The molecule has 4 nitrogen and oxygen atoms in total. The van der Waals surface area contributed by atoms with Gasteiger partial charge in [-0.15, -0.1) is 0 Å². The molecular weight excluding hydrogens is 276 g/mol. The summed E-state index contributed by atoms with van der Waals surface area (Å²) in [5.74, 6) is 0.593. The number of hydrogen-bond acceptors (Lipinski definition) is 3. The van der Waals surface area contributed by atoms with Crippen molar-refractivity contribution in [3.05, 3.63) is 46.7 Å². The SMILES string of the molecule is CC(C)n1ccc(COc2ccc([C@@H](C)O)cc2Cl)n1. The second-order valence-electron chi connectivity index (χ2n) is 5.04. The van der Waals surface area contributed by atoms with E-state index in [2.05, 4.69) is 18.9 Å². The van der Waals surface area contributed by atoms with E-state index < -0.39 is 6.10 Å². The Morgan fingerprint density at radius 1 is 1.30 bits per heavy atom. The average molecular weight is 295 g/mol. The van der Waals surface area contributed by atoms with Crippen LogP contribution in [-0.2, 0) is 6.61 Å². The number of ether oxygens (including phenoxy) is 1. The number of benzene rings is 1. The molecule has 0 bridgehead atoms. The van der Waals surface area contributed by atoms with Gasteiger partial charge in [0.15, 0.2) is 0 Å². The lowest BCUT2D eigenvalue weighted by molar-refractivity contribution is 0.199. The first-order valence-electron chi connectivity index (χ1n) is 6.61. The predicted molar refractivity (Wildman–Crippen MR) is 79.0 cm³/mol. The highest BCUT2D eigenvalue weighted by Gasteiger charge is 2.08. The zero-order valence-corrected chi connectivity index (χ0v) is 12.6. The molecule has 0 saturated heterocycles. The summed E-state index contributed by atoms with van der Waals surface area (Å²) in [4.78, 5) is 0. The van der Waals surface area contributed by atoms with Crippen LogP contribution in [0.15, 0.2) is 30.5 Å². The Hall–Kier alpha value is -1.52. The third-order valence-electron chi connectivity index (χ3n) is 3.01. The Balaban J connectivity index is 2.03. The summed E-state index contributed by atoms with van der Waals surface area (Å²) in [7, 11) is 0. The minimum Gasteiger partial charge on any atom is -0.486 e. The molecule has 5 heteroatoms. The Bertz CT molecular complexity index is 579. The molecule has 108 valence electrons. The van der Waals surface area contributed by atoms with Crippen molar-refractivity contribution in [2.45, 2.75) is 39.5 Å². The van der Waals surface area contributed by atoms with E-state index in [0.717, 1.165) is 11.3 Å². The Labute approximate surface area is 123 Å². The third kappa shape index (κ3) is 3.52. The number of rotatable bonds is 5. The van der Waals surface area contributed by atoms with Crippen molar-refractivity contribution < 1.29 is 9.84 Å². The van der Waals surface area contributed by atoms with Crippen molar-refractivity contribution in [2.24, 2.45) is 0 Å². The van der Waals surface area contributed by atoms with Crippen LogP contribution in [0.5, 0.6) is 5.75 Å². The summed E-state index contributed by atoms with van der Waals surface area (Å²) in [5.41, 5.74) is 1.63. The normalized spacial score (nSPS) is 12.7. The lowest BCUT2D eigenvalue weighted by Gasteiger charge is -2.10. The molecule has 0 aliphatic carbocycles. The molecule has 1 aromatic heterocycles. The van der Waals surface area contributed by atoms with Gasteiger partial charge in [0.25, 0.3) is 0 Å². The molecule has 1 aromatic carbocycles. The minimum absolute atomic E-state index is 0.331. The van der Waals surface area contributed by atoms with Gasteiger partial charge in [-0.05, 0) is 44.5 Å². The molecule has 0 amide bonds. The van der Waals surface area contributed by atoms with E-state index in [4.69, 9.17) is 16.3 Å². The van der Waals surface area contributed by atoms with Crippen LogP contribution < -0.4 is 4.74 Å². The van der Waals surface area contributed by atoms with Crippen LogP contribution in [0.1, 0.15) is 44.2 Å². The maximum absolute atomic E-state index is 9.49. The molecule has 0 unspecified atom stereocenters. The number of halogens is 1. The topological polar surface area (TPSA) is 47.3 Å². The summed E-state index contributed by atoms with van der Waals surface area (Å²) < 4.78 is 7.55. The van der Waals surface area contributed by atoms with Gasteiger partial charge in [-0.2, -0.15) is 5.10 Å². The van der Waals surface area contributed by atoms with Gasteiger partial charge in [0.1, 0.15) is 12.4 Å². The van der Waals surface area contributed by atoms with Crippen molar-refractivity contribution in [3.63, 3.8) is 0 Å². The molecule has 2 aromatic rings. The highest BCUT2D eigenvalue weighted by Crippen LogP contribution is 2.28. The highest BCUT2D eigenvalue weighted by molar-refractivity contribution is 6.32. The maximum atomic E-state index is 9.49. The molecule has 1 N–H and O–H groups in total. The monoisotopic (exact) mass is 294 g/mol. The highest BCUT2D eigenvalue weighted by atomic mass is 35.5. The summed E-state index contributed by atoms with van der Waals surface area (Å²) in [6.07, 6.45) is 1.39. The molecule has 0 fully saturated rings. The first-order chi connectivity index (χ1) is 9.47. The second-order valence-corrected chi connectivity index (χ2v) is 5.44. The molecule has 0 aliphatic rings. The van der Waals surface area contributed by atoms with E-state index in [-0.39, 0.29) is 0 Å². The molecule has 0 saturated carbocycles. The van der Waals surface area contributed by atoms with Gasteiger partial charge in [0.2, 0.25) is 0 Å². The van der Waals surface area contributed by atoms with Crippen molar-refractivity contribution in [3.8, 4) is 5.75 Å². The van der Waals surface area contributed by atoms with Gasteiger partial charge in [-0.25, -0.2) is 0 Å². The van der Waals surface area contributed by atoms with Crippen LogP contribution >= 0.6 is 11.6 Å². The third-order valence-corrected chi connectivity index (χ3v) is 3.30. The van der Waals surface area contributed by atoms with Gasteiger partial charge < -0.3 is 9.84 Å². The van der Waals surface area contributed by atoms with Crippen molar-refractivity contribution in [2.75, 3.05) is 0 Å². The van der Waals surface area contributed by atoms with E-state index in [1.807, 2.05) is 16.9 Å². The Morgan fingerprint density at radius 3 is 2.60 bits per heavy atom. The zero-order chi connectivity index (χ0) is 14.7. The fourth-order valence-electron chi connectivity index (χ4n) is 1.79. The molecule has 1 atom stereocenters. The molecule has 20 heavy (non-hydrogen) atoms. The number of hydrogen-bond donors (Lipinski definition) is 1. The predicted octanol–water partition coefficient (Wildman–Crippen LogP) is 3.75. The van der Waals surface area contributed by atoms with Gasteiger partial charge in [0.05, 0.1) is 16.8 Å². The van der Waals surface area contributed by atoms with E-state index in [0.29, 0.717) is 23.4 Å². The summed E-state index contributed by atoms with van der Waals surface area (Å²) >= 11 is 6.13. The first kappa shape index (κ1) is 14.9. The van der Waals surface area contributed by atoms with Crippen molar-refractivity contribution >= 4 is 11.6 Å². The first-order valence-corrected chi connectivity index (χ1v) is 6.99. The van der Waals surface area contributed by atoms with Crippen LogP contribution in [0, 0.1) is 0 Å². The van der Waals surface area contributed by atoms with Crippen molar-refractivity contribution in [1.82, 2.24) is 9.78 Å². The fraction of sp³-hybridized carbons (Fsp3) is 0.400. The standard InChI is InChI=1S/C15H19ClN2O2/c1-10(2)18-7-6-13(17-18)9-20-15-5-4-12(11(3)19)8-14(15)16/h4-8,10-11,19H,9H2,1-3H3/t11-/m1/s1. The number of nitrogens with zero attached hydrogens (tertiary/aromatic N) is 2. The molecule has 1 heterocycles. The average Bonchev–Trinajstić information content (AvgIpc) is 2.86. The lowest BCUT2D eigenvalue weighted by atomic mass is 10.1. The Morgan fingerprint density at radius 2 is 2.05 bits per heavy atom. The Kier molecular flexibility index (Phi) is 4.68. The molecule has 2 rings (SSSR count). The lowest BCUT2D eigenvalue weighted by Crippen LogP contribution is -2.03. The van der Waals surface area contributed by atoms with Crippen LogP contribution in [0.2, 0.25) is 5.02 Å². The fourth-order valence-corrected chi connectivity index (χ4v) is 2.03. The van der Waals surface area contributed by atoms with E-state index in [9.17, 15) is 5.11 Å². The number of aliphatic hydroxyl groups is 1. The maximum Gasteiger partial charge on any atom is 0.138 e. The van der Waals surface area contributed by atoms with E-state index in [1.165, 1.54) is 0 Å². The van der Waals surface area contributed by atoms with Crippen LogP contribution in [-0.4, -0.2) is 14.9 Å². The van der Waals surface area contributed by atoms with Crippen LogP contribution in [0.25, 0.3) is 0 Å². The summed E-state index contributed by atoms with van der Waals surface area (Å²) in [5, 5.41) is 14.4. The van der Waals surface area contributed by atoms with Crippen molar-refractivity contribution in [1.29, 1.82) is 0 Å². The van der Waals surface area contributed by atoms with Crippen LogP contribution in [0.3, 0.4) is 0 Å². The van der Waals surface area contributed by atoms with Gasteiger partial charge in [0, 0.05) is 12.2 Å². The largest absolute Gasteiger partial charge is 0.486 e. The summed E-state index contributed by atoms with van der Waals surface area (Å²) in [6.45, 7) is 6.21. The molecule has 0 spiro atoms. The number of aromatic nitrogens is 2. The second kappa shape index (κ2) is 6.29. The van der Waals surface area contributed by atoms with Gasteiger partial charge >= 0.3 is 0 Å². The van der Waals surface area contributed by atoms with E-state index >= 15 is 0 Å². The summed E-state index contributed by atoms with van der Waals surface area (Å²) in [6, 6.07) is 7.55. The molecular formula is C15H19ClN2O2. The van der Waals surface area contributed by atoms with E-state index in [1.54, 1.807) is 25.1 Å². The quantitative estimate of drug-likeness (QED) is 0.913.